The molecule has 0 bridgehead atoms. The molecule has 0 aliphatic heterocycles. The lowest BCUT2D eigenvalue weighted by Gasteiger charge is -2.05. The zero-order chi connectivity index (χ0) is 10.6. The third-order valence-electron chi connectivity index (χ3n) is 1.76. The highest BCUT2D eigenvalue weighted by Gasteiger charge is 2.11. The Hall–Kier alpha value is -0.360. The predicted octanol–water partition coefficient (Wildman–Crippen LogP) is 1.18. The molecule has 0 aliphatic rings. The van der Waals surface area contributed by atoms with Crippen molar-refractivity contribution in [3.05, 3.63) is 16.5 Å². The summed E-state index contributed by atoms with van der Waals surface area (Å²) in [5.41, 5.74) is 0.936. The molecule has 0 amide bonds. The van der Waals surface area contributed by atoms with E-state index >= 15 is 0 Å². The SMILES string of the molecule is CSc1sc(C=O)cc1CC(O)CO. The molecule has 2 N–H and O–H groups in total. The van der Waals surface area contributed by atoms with E-state index in [1.54, 1.807) is 17.8 Å². The summed E-state index contributed by atoms with van der Waals surface area (Å²) in [4.78, 5) is 11.2. The van der Waals surface area contributed by atoms with Crippen molar-refractivity contribution in [3.63, 3.8) is 0 Å². The molecule has 0 fully saturated rings. The zero-order valence-electron chi connectivity index (χ0n) is 7.77. The number of hydrogen-bond donors (Lipinski definition) is 2. The summed E-state index contributed by atoms with van der Waals surface area (Å²) < 4.78 is 1.03. The molecule has 0 spiro atoms. The van der Waals surface area contributed by atoms with E-state index in [4.69, 9.17) is 5.11 Å². The van der Waals surface area contributed by atoms with Gasteiger partial charge in [0.1, 0.15) is 0 Å². The average Bonchev–Trinajstić information content (AvgIpc) is 2.60. The molecule has 0 aromatic carbocycles. The van der Waals surface area contributed by atoms with E-state index in [1.165, 1.54) is 11.3 Å². The molecule has 0 aliphatic carbocycles. The summed E-state index contributed by atoms with van der Waals surface area (Å²) >= 11 is 2.97. The molecule has 78 valence electrons. The van der Waals surface area contributed by atoms with Crippen LogP contribution in [0.2, 0.25) is 0 Å². The van der Waals surface area contributed by atoms with Crippen LogP contribution in [0.4, 0.5) is 0 Å². The van der Waals surface area contributed by atoms with Gasteiger partial charge >= 0.3 is 0 Å². The Kier molecular flexibility index (Phi) is 4.60. The Bertz CT molecular complexity index is 309. The molecule has 1 heterocycles. The molecular formula is C9H12O3S2. The van der Waals surface area contributed by atoms with Gasteiger partial charge in [-0.25, -0.2) is 0 Å². The monoisotopic (exact) mass is 232 g/mol. The fourth-order valence-corrected chi connectivity index (χ4v) is 2.89. The molecule has 0 radical (unpaired) electrons. The van der Waals surface area contributed by atoms with Crippen LogP contribution in [0.25, 0.3) is 0 Å². The summed E-state index contributed by atoms with van der Waals surface area (Å²) in [5.74, 6) is 0. The highest BCUT2D eigenvalue weighted by Crippen LogP contribution is 2.30. The normalized spacial score (nSPS) is 12.8. The predicted molar refractivity (Wildman–Crippen MR) is 58.3 cm³/mol. The van der Waals surface area contributed by atoms with Crippen LogP contribution in [0.5, 0.6) is 0 Å². The van der Waals surface area contributed by atoms with E-state index in [9.17, 15) is 9.90 Å². The smallest absolute Gasteiger partial charge is 0.160 e. The van der Waals surface area contributed by atoms with Crippen molar-refractivity contribution in [2.24, 2.45) is 0 Å². The number of aliphatic hydroxyl groups is 2. The third kappa shape index (κ3) is 2.81. The average molecular weight is 232 g/mol. The van der Waals surface area contributed by atoms with Crippen molar-refractivity contribution >= 4 is 29.4 Å². The van der Waals surface area contributed by atoms with Crippen LogP contribution in [-0.2, 0) is 6.42 Å². The second kappa shape index (κ2) is 5.50. The maximum Gasteiger partial charge on any atom is 0.160 e. The van der Waals surface area contributed by atoms with Crippen LogP contribution in [0.1, 0.15) is 15.2 Å². The second-order valence-electron chi connectivity index (χ2n) is 2.82. The number of carbonyl (C=O) groups is 1. The minimum Gasteiger partial charge on any atom is -0.394 e. The maximum atomic E-state index is 10.5. The van der Waals surface area contributed by atoms with Gasteiger partial charge in [-0.05, 0) is 17.9 Å². The fourth-order valence-electron chi connectivity index (χ4n) is 1.12. The Balaban J connectivity index is 2.83. The molecule has 1 aromatic heterocycles. The summed E-state index contributed by atoms with van der Waals surface area (Å²) in [6.45, 7) is -0.250. The highest BCUT2D eigenvalue weighted by molar-refractivity contribution is 8.00. The van der Waals surface area contributed by atoms with Crippen LogP contribution >= 0.6 is 23.1 Å². The van der Waals surface area contributed by atoms with Gasteiger partial charge < -0.3 is 10.2 Å². The molecule has 1 unspecified atom stereocenters. The van der Waals surface area contributed by atoms with E-state index in [2.05, 4.69) is 0 Å². The van der Waals surface area contributed by atoms with Crippen LogP contribution in [-0.4, -0.2) is 35.5 Å². The molecule has 3 nitrogen and oxygen atoms in total. The third-order valence-corrected chi connectivity index (χ3v) is 4.04. The van der Waals surface area contributed by atoms with E-state index in [0.29, 0.717) is 11.3 Å². The van der Waals surface area contributed by atoms with Gasteiger partial charge in [0.05, 0.1) is 21.8 Å². The van der Waals surface area contributed by atoms with Crippen molar-refractivity contribution < 1.29 is 15.0 Å². The Morgan fingerprint density at radius 1 is 1.71 bits per heavy atom. The lowest BCUT2D eigenvalue weighted by atomic mass is 10.1. The minimum absolute atomic E-state index is 0.250. The topological polar surface area (TPSA) is 57.5 Å². The summed E-state index contributed by atoms with van der Waals surface area (Å²) in [7, 11) is 0. The molecule has 0 saturated heterocycles. The molecular weight excluding hydrogens is 220 g/mol. The first kappa shape index (κ1) is 11.7. The van der Waals surface area contributed by atoms with Crippen LogP contribution in [0.15, 0.2) is 10.3 Å². The number of thiophene rings is 1. The van der Waals surface area contributed by atoms with Crippen molar-refractivity contribution in [1.29, 1.82) is 0 Å². The summed E-state index contributed by atoms with van der Waals surface area (Å²) in [5, 5.41) is 18.0. The quantitative estimate of drug-likeness (QED) is 0.591. The maximum absolute atomic E-state index is 10.5. The lowest BCUT2D eigenvalue weighted by molar-refractivity contribution is 0.0951. The number of carbonyl (C=O) groups excluding carboxylic acids is 1. The fraction of sp³-hybridized carbons (Fsp3) is 0.444. The largest absolute Gasteiger partial charge is 0.394 e. The van der Waals surface area contributed by atoms with E-state index in [1.807, 2.05) is 6.26 Å². The first-order valence-corrected chi connectivity index (χ1v) is 6.16. The Morgan fingerprint density at radius 3 is 2.93 bits per heavy atom. The van der Waals surface area contributed by atoms with Gasteiger partial charge in [0.2, 0.25) is 0 Å². The molecule has 1 atom stereocenters. The van der Waals surface area contributed by atoms with Gasteiger partial charge in [0.25, 0.3) is 0 Å². The minimum atomic E-state index is -0.741. The van der Waals surface area contributed by atoms with E-state index in [-0.39, 0.29) is 6.61 Å². The van der Waals surface area contributed by atoms with Crippen LogP contribution < -0.4 is 0 Å². The number of aliphatic hydroxyl groups excluding tert-OH is 2. The van der Waals surface area contributed by atoms with Gasteiger partial charge in [0.15, 0.2) is 6.29 Å². The summed E-state index contributed by atoms with van der Waals surface area (Å²) in [6.07, 6.45) is 2.39. The first-order chi connectivity index (χ1) is 6.71. The van der Waals surface area contributed by atoms with Gasteiger partial charge in [-0.1, -0.05) is 0 Å². The molecule has 0 saturated carbocycles. The number of aldehydes is 1. The lowest BCUT2D eigenvalue weighted by Crippen LogP contribution is -2.14. The van der Waals surface area contributed by atoms with Crippen molar-refractivity contribution in [2.45, 2.75) is 16.7 Å². The van der Waals surface area contributed by atoms with Gasteiger partial charge in [-0.2, -0.15) is 0 Å². The van der Waals surface area contributed by atoms with E-state index < -0.39 is 6.10 Å². The van der Waals surface area contributed by atoms with Gasteiger partial charge in [-0.3, -0.25) is 4.79 Å². The zero-order valence-corrected chi connectivity index (χ0v) is 9.40. The van der Waals surface area contributed by atoms with E-state index in [0.717, 1.165) is 16.1 Å². The number of thioether (sulfide) groups is 1. The van der Waals surface area contributed by atoms with Crippen LogP contribution in [0.3, 0.4) is 0 Å². The van der Waals surface area contributed by atoms with Gasteiger partial charge in [-0.15, -0.1) is 23.1 Å². The summed E-state index contributed by atoms with van der Waals surface area (Å²) in [6, 6.07) is 1.77. The number of hydrogen-bond acceptors (Lipinski definition) is 5. The van der Waals surface area contributed by atoms with Crippen LogP contribution in [0, 0.1) is 0 Å². The molecule has 1 rings (SSSR count). The number of rotatable bonds is 5. The van der Waals surface area contributed by atoms with Crippen molar-refractivity contribution in [1.82, 2.24) is 0 Å². The van der Waals surface area contributed by atoms with Crippen molar-refractivity contribution in [3.8, 4) is 0 Å². The van der Waals surface area contributed by atoms with Crippen molar-refractivity contribution in [2.75, 3.05) is 12.9 Å². The van der Waals surface area contributed by atoms with Gasteiger partial charge in [0, 0.05) is 6.42 Å². The second-order valence-corrected chi connectivity index (χ2v) is 4.98. The molecule has 1 aromatic rings. The molecule has 5 heteroatoms. The molecule has 14 heavy (non-hydrogen) atoms. The first-order valence-electron chi connectivity index (χ1n) is 4.12. The highest BCUT2D eigenvalue weighted by atomic mass is 32.2. The Labute approximate surface area is 90.8 Å². The standard InChI is InChI=1S/C9H12O3S2/c1-13-9-6(2-7(12)4-10)3-8(5-11)14-9/h3,5,7,10,12H,2,4H2,1H3. The Morgan fingerprint density at radius 2 is 2.43 bits per heavy atom.